The van der Waals surface area contributed by atoms with Crippen molar-refractivity contribution in [3.05, 3.63) is 29.0 Å². The molecule has 1 aromatic carbocycles. The molecule has 3 rings (SSSR count). The maximum absolute atomic E-state index is 13.4. The molecule has 0 spiro atoms. The van der Waals surface area contributed by atoms with Gasteiger partial charge < -0.3 is 16.0 Å². The first-order chi connectivity index (χ1) is 12.6. The molecule has 9 heteroatoms. The van der Waals surface area contributed by atoms with Crippen LogP contribution in [-0.2, 0) is 0 Å². The van der Waals surface area contributed by atoms with Gasteiger partial charge in [-0.25, -0.2) is 14.4 Å². The van der Waals surface area contributed by atoms with Crippen molar-refractivity contribution in [2.45, 2.75) is 13.8 Å². The lowest BCUT2D eigenvalue weighted by Crippen LogP contribution is -2.34. The highest BCUT2D eigenvalue weighted by atomic mass is 35.5. The Balaban J connectivity index is 1.87. The number of hydrogen-bond acceptors (Lipinski definition) is 7. The SMILES string of the molecule is CN(C)CC(C)(C)CNc1nc2nc(-c3ccc(F)c(Cl)c3)nc(N)c2s1. The predicted octanol–water partition coefficient (Wildman–Crippen LogP) is 4.13. The molecule has 2 aromatic heterocycles. The van der Waals surface area contributed by atoms with Gasteiger partial charge in [0.15, 0.2) is 16.6 Å². The van der Waals surface area contributed by atoms with Gasteiger partial charge in [0, 0.05) is 18.7 Å². The number of rotatable bonds is 6. The van der Waals surface area contributed by atoms with Gasteiger partial charge in [-0.1, -0.05) is 36.8 Å². The predicted molar refractivity (Wildman–Crippen MR) is 111 cm³/mol. The standard InChI is InChI=1S/C18H22ClFN6S/c1-18(2,9-26(3)4)8-22-17-25-16-13(27-17)14(21)23-15(24-16)10-5-6-12(20)11(19)7-10/h5-7H,8-9H2,1-4H3,(H3,21,22,23,24,25). The number of benzene rings is 1. The molecule has 0 amide bonds. The van der Waals surface area contributed by atoms with Crippen LogP contribution in [0.5, 0.6) is 0 Å². The van der Waals surface area contributed by atoms with Gasteiger partial charge in [0.05, 0.1) is 5.02 Å². The lowest BCUT2D eigenvalue weighted by atomic mass is 9.93. The summed E-state index contributed by atoms with van der Waals surface area (Å²) in [6.45, 7) is 6.09. The van der Waals surface area contributed by atoms with Crippen molar-refractivity contribution in [2.24, 2.45) is 5.41 Å². The molecule has 144 valence electrons. The molecule has 0 aliphatic carbocycles. The van der Waals surface area contributed by atoms with E-state index in [0.717, 1.165) is 22.9 Å². The summed E-state index contributed by atoms with van der Waals surface area (Å²) in [6.07, 6.45) is 0. The van der Waals surface area contributed by atoms with E-state index >= 15 is 0 Å². The third-order valence-corrected chi connectivity index (χ3v) is 5.23. The van der Waals surface area contributed by atoms with Crippen LogP contribution in [0.25, 0.3) is 21.7 Å². The zero-order valence-corrected chi connectivity index (χ0v) is 17.2. The van der Waals surface area contributed by atoms with Crippen LogP contribution in [0.4, 0.5) is 15.3 Å². The first-order valence-corrected chi connectivity index (χ1v) is 9.62. The molecule has 0 atom stereocenters. The Hall–Kier alpha value is -2.03. The Morgan fingerprint density at radius 3 is 2.67 bits per heavy atom. The van der Waals surface area contributed by atoms with Crippen LogP contribution in [0.2, 0.25) is 5.02 Å². The van der Waals surface area contributed by atoms with E-state index in [9.17, 15) is 4.39 Å². The normalized spacial score (nSPS) is 12.1. The van der Waals surface area contributed by atoms with Crippen LogP contribution >= 0.6 is 22.9 Å². The quantitative estimate of drug-likeness (QED) is 0.638. The summed E-state index contributed by atoms with van der Waals surface area (Å²) in [5.41, 5.74) is 7.28. The monoisotopic (exact) mass is 408 g/mol. The molecule has 0 saturated carbocycles. The Morgan fingerprint density at radius 1 is 1.26 bits per heavy atom. The van der Waals surface area contributed by atoms with Crippen molar-refractivity contribution in [3.63, 3.8) is 0 Å². The fourth-order valence-corrected chi connectivity index (χ4v) is 3.89. The van der Waals surface area contributed by atoms with Crippen molar-refractivity contribution in [1.29, 1.82) is 0 Å². The van der Waals surface area contributed by atoms with Crippen LogP contribution in [0.1, 0.15) is 13.8 Å². The van der Waals surface area contributed by atoms with Gasteiger partial charge in [0.2, 0.25) is 0 Å². The number of aromatic nitrogens is 3. The van der Waals surface area contributed by atoms with Crippen LogP contribution < -0.4 is 11.1 Å². The Bertz CT molecular complexity index is 972. The smallest absolute Gasteiger partial charge is 0.185 e. The second-order valence-corrected chi connectivity index (χ2v) is 8.89. The highest BCUT2D eigenvalue weighted by molar-refractivity contribution is 7.22. The minimum atomic E-state index is -0.491. The van der Waals surface area contributed by atoms with E-state index in [0.29, 0.717) is 22.9 Å². The fourth-order valence-electron chi connectivity index (χ4n) is 2.91. The average Bonchev–Trinajstić information content (AvgIpc) is 2.98. The summed E-state index contributed by atoms with van der Waals surface area (Å²) >= 11 is 7.28. The third kappa shape index (κ3) is 4.63. The van der Waals surface area contributed by atoms with Crippen molar-refractivity contribution < 1.29 is 4.39 Å². The van der Waals surface area contributed by atoms with Crippen molar-refractivity contribution in [3.8, 4) is 11.4 Å². The summed E-state index contributed by atoms with van der Waals surface area (Å²) in [7, 11) is 4.11. The van der Waals surface area contributed by atoms with Gasteiger partial charge in [-0.15, -0.1) is 0 Å². The highest BCUT2D eigenvalue weighted by Crippen LogP contribution is 2.32. The van der Waals surface area contributed by atoms with Gasteiger partial charge >= 0.3 is 0 Å². The van der Waals surface area contributed by atoms with Gasteiger partial charge in [-0.3, -0.25) is 0 Å². The van der Waals surface area contributed by atoms with E-state index in [1.165, 1.54) is 23.5 Å². The van der Waals surface area contributed by atoms with Gasteiger partial charge in [0.1, 0.15) is 16.3 Å². The van der Waals surface area contributed by atoms with Crippen LogP contribution in [0, 0.1) is 11.2 Å². The summed E-state index contributed by atoms with van der Waals surface area (Å²) in [4.78, 5) is 15.5. The Labute approximate surface area is 166 Å². The Kier molecular flexibility index (Phi) is 5.50. The number of nitrogens with zero attached hydrogens (tertiary/aromatic N) is 4. The number of nitrogens with one attached hydrogen (secondary N) is 1. The Morgan fingerprint density at radius 2 is 2.00 bits per heavy atom. The first-order valence-electron chi connectivity index (χ1n) is 8.43. The van der Waals surface area contributed by atoms with Gasteiger partial charge in [-0.05, 0) is 37.7 Å². The molecule has 0 fully saturated rings. The van der Waals surface area contributed by atoms with Crippen molar-refractivity contribution in [1.82, 2.24) is 19.9 Å². The lowest BCUT2D eigenvalue weighted by Gasteiger charge is -2.28. The van der Waals surface area contributed by atoms with Crippen LogP contribution in [0.3, 0.4) is 0 Å². The number of halogens is 2. The molecule has 0 saturated heterocycles. The van der Waals surface area contributed by atoms with E-state index in [2.05, 4.69) is 53.1 Å². The highest BCUT2D eigenvalue weighted by Gasteiger charge is 2.20. The zero-order valence-electron chi connectivity index (χ0n) is 15.7. The molecule has 0 aliphatic heterocycles. The van der Waals surface area contributed by atoms with Crippen molar-refractivity contribution in [2.75, 3.05) is 38.2 Å². The molecule has 0 aliphatic rings. The van der Waals surface area contributed by atoms with Crippen LogP contribution in [-0.4, -0.2) is 47.0 Å². The summed E-state index contributed by atoms with van der Waals surface area (Å²) < 4.78 is 14.1. The number of hydrogen-bond donors (Lipinski definition) is 2. The number of anilines is 2. The maximum Gasteiger partial charge on any atom is 0.185 e. The number of fused-ring (bicyclic) bond motifs is 1. The lowest BCUT2D eigenvalue weighted by molar-refractivity contribution is 0.254. The maximum atomic E-state index is 13.4. The topological polar surface area (TPSA) is 80.0 Å². The second kappa shape index (κ2) is 7.53. The third-order valence-electron chi connectivity index (χ3n) is 3.92. The minimum absolute atomic E-state index is 0.0125. The molecule has 27 heavy (non-hydrogen) atoms. The summed E-state index contributed by atoms with van der Waals surface area (Å²) in [5, 5.41) is 4.12. The van der Waals surface area contributed by atoms with E-state index in [-0.39, 0.29) is 10.4 Å². The molecule has 3 aromatic rings. The summed E-state index contributed by atoms with van der Waals surface area (Å²) in [5.74, 6) is 0.218. The molecule has 3 N–H and O–H groups in total. The van der Waals surface area contributed by atoms with E-state index in [4.69, 9.17) is 17.3 Å². The number of nitrogen functional groups attached to an aromatic ring is 1. The van der Waals surface area contributed by atoms with Gasteiger partial charge in [0.25, 0.3) is 0 Å². The number of nitrogens with two attached hydrogens (primary N) is 1. The summed E-state index contributed by atoms with van der Waals surface area (Å²) in [6, 6.07) is 4.33. The second-order valence-electron chi connectivity index (χ2n) is 7.49. The zero-order chi connectivity index (χ0) is 19.8. The molecule has 0 radical (unpaired) electrons. The molecule has 6 nitrogen and oxygen atoms in total. The fraction of sp³-hybridized carbons (Fsp3) is 0.389. The van der Waals surface area contributed by atoms with E-state index in [1.807, 2.05) is 0 Å². The molecular formula is C18H22ClFN6S. The average molecular weight is 409 g/mol. The molecule has 2 heterocycles. The van der Waals surface area contributed by atoms with E-state index in [1.54, 1.807) is 6.07 Å². The van der Waals surface area contributed by atoms with Gasteiger partial charge in [-0.2, -0.15) is 4.98 Å². The first kappa shape index (κ1) is 19.7. The van der Waals surface area contributed by atoms with Crippen molar-refractivity contribution >= 4 is 44.2 Å². The van der Waals surface area contributed by atoms with Crippen LogP contribution in [0.15, 0.2) is 18.2 Å². The largest absolute Gasteiger partial charge is 0.382 e. The number of thiazole rings is 1. The molecule has 0 unspecified atom stereocenters. The van der Waals surface area contributed by atoms with E-state index < -0.39 is 5.82 Å². The molecule has 0 bridgehead atoms. The minimum Gasteiger partial charge on any atom is -0.382 e. The molecular weight excluding hydrogens is 387 g/mol.